The molecule has 0 bridgehead atoms. The largest absolute Gasteiger partial charge is 0.491 e. The molecule has 0 aromatic carbocycles. The Balaban J connectivity index is 1.83. The van der Waals surface area contributed by atoms with Gasteiger partial charge in [0.15, 0.2) is 11.6 Å². The molecule has 2 fully saturated rings. The van der Waals surface area contributed by atoms with Gasteiger partial charge in [-0.05, 0) is 24.7 Å². The maximum absolute atomic E-state index is 11.4. The number of ether oxygens (including phenoxy) is 1. The van der Waals surface area contributed by atoms with E-state index in [0.29, 0.717) is 11.2 Å². The smallest absolute Gasteiger partial charge is 0.306 e. The molecule has 92 valence electrons. The van der Waals surface area contributed by atoms with Gasteiger partial charge in [0, 0.05) is 19.2 Å². The van der Waals surface area contributed by atoms with Crippen molar-refractivity contribution in [2.75, 3.05) is 25.1 Å². The summed E-state index contributed by atoms with van der Waals surface area (Å²) >= 11 is 0. The number of hydrogen-bond acceptors (Lipinski definition) is 4. The maximum atomic E-state index is 11.4. The normalized spacial score (nSPS) is 21.6. The van der Waals surface area contributed by atoms with Crippen LogP contribution >= 0.6 is 0 Å². The summed E-state index contributed by atoms with van der Waals surface area (Å²) in [5.41, 5.74) is 0.263. The van der Waals surface area contributed by atoms with E-state index < -0.39 is 0 Å². The second kappa shape index (κ2) is 3.75. The first kappa shape index (κ1) is 10.6. The number of rotatable bonds is 2. The van der Waals surface area contributed by atoms with Gasteiger partial charge in [0.05, 0.1) is 7.11 Å². The van der Waals surface area contributed by atoms with E-state index in [0.717, 1.165) is 18.9 Å². The van der Waals surface area contributed by atoms with Gasteiger partial charge in [-0.2, -0.15) is 5.10 Å². The molecule has 1 aliphatic heterocycles. The molecule has 0 atom stereocenters. The molecule has 3 rings (SSSR count). The summed E-state index contributed by atoms with van der Waals surface area (Å²) in [6.07, 6.45) is 5.28. The van der Waals surface area contributed by atoms with Crippen molar-refractivity contribution in [1.29, 1.82) is 0 Å². The maximum Gasteiger partial charge on any atom is 0.306 e. The third-order valence-corrected chi connectivity index (χ3v) is 4.15. The Bertz CT molecular complexity index is 479. The summed E-state index contributed by atoms with van der Waals surface area (Å²) in [6, 6.07) is 1.73. The van der Waals surface area contributed by atoms with E-state index in [1.807, 2.05) is 0 Å². The highest BCUT2D eigenvalue weighted by Crippen LogP contribution is 2.48. The molecule has 1 aliphatic carbocycles. The van der Waals surface area contributed by atoms with Crippen LogP contribution < -0.4 is 15.2 Å². The van der Waals surface area contributed by atoms with Gasteiger partial charge in [-0.3, -0.25) is 4.79 Å². The predicted octanol–water partition coefficient (Wildman–Crippen LogP) is 1.16. The molecule has 1 saturated heterocycles. The second-order valence-electron chi connectivity index (χ2n) is 5.15. The third kappa shape index (κ3) is 1.69. The molecular formula is C12H17N3O2. The van der Waals surface area contributed by atoms with Crippen LogP contribution in [0.4, 0.5) is 5.82 Å². The van der Waals surface area contributed by atoms with Crippen LogP contribution in [0.5, 0.6) is 5.75 Å². The minimum absolute atomic E-state index is 0.270. The number of aromatic amines is 1. The number of hydrogen-bond donors (Lipinski definition) is 1. The van der Waals surface area contributed by atoms with Crippen molar-refractivity contribution in [2.24, 2.45) is 5.41 Å². The Kier molecular flexibility index (Phi) is 2.34. The van der Waals surface area contributed by atoms with Crippen LogP contribution in [0.2, 0.25) is 0 Å². The molecule has 0 radical (unpaired) electrons. The molecule has 5 nitrogen and oxygen atoms in total. The Morgan fingerprint density at radius 2 is 2.29 bits per heavy atom. The van der Waals surface area contributed by atoms with Crippen molar-refractivity contribution in [3.8, 4) is 5.75 Å². The third-order valence-electron chi connectivity index (χ3n) is 4.15. The van der Waals surface area contributed by atoms with Gasteiger partial charge in [-0.25, -0.2) is 5.10 Å². The van der Waals surface area contributed by atoms with Crippen LogP contribution in [0.3, 0.4) is 0 Å². The lowest BCUT2D eigenvalue weighted by Crippen LogP contribution is -2.33. The summed E-state index contributed by atoms with van der Waals surface area (Å²) in [4.78, 5) is 13.6. The molecular weight excluding hydrogens is 218 g/mol. The minimum atomic E-state index is -0.270. The monoisotopic (exact) mass is 235 g/mol. The number of H-pyrrole nitrogens is 1. The van der Waals surface area contributed by atoms with Crippen LogP contribution in [-0.4, -0.2) is 30.4 Å². The van der Waals surface area contributed by atoms with Crippen molar-refractivity contribution < 1.29 is 4.74 Å². The Morgan fingerprint density at radius 3 is 2.88 bits per heavy atom. The topological polar surface area (TPSA) is 58.2 Å². The van der Waals surface area contributed by atoms with Gasteiger partial charge in [-0.1, -0.05) is 6.42 Å². The zero-order chi connectivity index (χ0) is 11.9. The second-order valence-corrected chi connectivity index (χ2v) is 5.15. The van der Waals surface area contributed by atoms with E-state index in [2.05, 4.69) is 15.1 Å². The van der Waals surface area contributed by atoms with Gasteiger partial charge in [0.2, 0.25) is 0 Å². The highest BCUT2D eigenvalue weighted by molar-refractivity contribution is 5.43. The van der Waals surface area contributed by atoms with Gasteiger partial charge in [0.1, 0.15) is 0 Å². The van der Waals surface area contributed by atoms with Crippen LogP contribution in [0.15, 0.2) is 10.9 Å². The standard InChI is InChI=1S/C12H17N3O2/c1-17-9-7-10(13-14-11(9)16)15-6-5-12(8-15)3-2-4-12/h7H,2-6,8H2,1H3,(H,14,16). The molecule has 1 aromatic rings. The van der Waals surface area contributed by atoms with Crippen LogP contribution in [0, 0.1) is 5.41 Å². The molecule has 2 aliphatic rings. The number of aromatic nitrogens is 2. The first-order valence-electron chi connectivity index (χ1n) is 6.11. The summed E-state index contributed by atoms with van der Waals surface area (Å²) in [5.74, 6) is 1.16. The fraction of sp³-hybridized carbons (Fsp3) is 0.667. The first-order valence-corrected chi connectivity index (χ1v) is 6.11. The molecule has 1 saturated carbocycles. The lowest BCUT2D eigenvalue weighted by atomic mass is 9.68. The van der Waals surface area contributed by atoms with Gasteiger partial charge < -0.3 is 9.64 Å². The van der Waals surface area contributed by atoms with Crippen molar-refractivity contribution in [3.05, 3.63) is 16.4 Å². The number of nitrogens with zero attached hydrogens (tertiary/aromatic N) is 2. The average molecular weight is 235 g/mol. The molecule has 1 spiro atoms. The fourth-order valence-electron chi connectivity index (χ4n) is 2.91. The van der Waals surface area contributed by atoms with E-state index in [4.69, 9.17) is 4.74 Å². The quantitative estimate of drug-likeness (QED) is 0.835. The van der Waals surface area contributed by atoms with Crippen molar-refractivity contribution in [3.63, 3.8) is 0 Å². The molecule has 1 aromatic heterocycles. The zero-order valence-electron chi connectivity index (χ0n) is 10.0. The summed E-state index contributed by atoms with van der Waals surface area (Å²) in [5, 5.41) is 6.59. The SMILES string of the molecule is COc1cc(N2CCC3(CCC3)C2)n[nH]c1=O. The van der Waals surface area contributed by atoms with Crippen molar-refractivity contribution >= 4 is 5.82 Å². The van der Waals surface area contributed by atoms with E-state index in [1.54, 1.807) is 6.07 Å². The summed E-state index contributed by atoms with van der Waals surface area (Å²) < 4.78 is 5.03. The fourth-order valence-corrected chi connectivity index (χ4v) is 2.91. The molecule has 17 heavy (non-hydrogen) atoms. The molecule has 1 N–H and O–H groups in total. The number of nitrogens with one attached hydrogen (secondary N) is 1. The zero-order valence-corrected chi connectivity index (χ0v) is 10.0. The van der Waals surface area contributed by atoms with Crippen LogP contribution in [-0.2, 0) is 0 Å². The Morgan fingerprint density at radius 1 is 1.47 bits per heavy atom. The van der Waals surface area contributed by atoms with Gasteiger partial charge >= 0.3 is 5.56 Å². The highest BCUT2D eigenvalue weighted by atomic mass is 16.5. The van der Waals surface area contributed by atoms with E-state index in [9.17, 15) is 4.79 Å². The van der Waals surface area contributed by atoms with Crippen molar-refractivity contribution in [1.82, 2.24) is 10.2 Å². The Hall–Kier alpha value is -1.52. The van der Waals surface area contributed by atoms with Crippen LogP contribution in [0.25, 0.3) is 0 Å². The molecule has 5 heteroatoms. The van der Waals surface area contributed by atoms with E-state index in [-0.39, 0.29) is 5.56 Å². The lowest BCUT2D eigenvalue weighted by Gasteiger charge is -2.38. The van der Waals surface area contributed by atoms with E-state index >= 15 is 0 Å². The van der Waals surface area contributed by atoms with Crippen molar-refractivity contribution in [2.45, 2.75) is 25.7 Å². The van der Waals surface area contributed by atoms with E-state index in [1.165, 1.54) is 32.8 Å². The first-order chi connectivity index (χ1) is 8.22. The van der Waals surface area contributed by atoms with Crippen LogP contribution in [0.1, 0.15) is 25.7 Å². The molecule has 2 heterocycles. The minimum Gasteiger partial charge on any atom is -0.491 e. The lowest BCUT2D eigenvalue weighted by molar-refractivity contribution is 0.165. The van der Waals surface area contributed by atoms with Gasteiger partial charge in [-0.15, -0.1) is 0 Å². The number of anilines is 1. The Labute approximate surface area is 99.8 Å². The highest BCUT2D eigenvalue weighted by Gasteiger charge is 2.43. The molecule has 0 unspecified atom stereocenters. The summed E-state index contributed by atoms with van der Waals surface area (Å²) in [6.45, 7) is 2.09. The average Bonchev–Trinajstić information content (AvgIpc) is 2.74. The number of methoxy groups -OCH3 is 1. The predicted molar refractivity (Wildman–Crippen MR) is 64.5 cm³/mol. The summed E-state index contributed by atoms with van der Waals surface area (Å²) in [7, 11) is 1.51. The van der Waals surface area contributed by atoms with Gasteiger partial charge in [0.25, 0.3) is 0 Å². The molecule has 0 amide bonds.